The van der Waals surface area contributed by atoms with E-state index < -0.39 is 162 Å². The lowest BCUT2D eigenvalue weighted by atomic mass is 9.84. The van der Waals surface area contributed by atoms with Crippen molar-refractivity contribution >= 4 is 31.7 Å². The van der Waals surface area contributed by atoms with Gasteiger partial charge >= 0.3 is 31.7 Å². The van der Waals surface area contributed by atoms with Crippen molar-refractivity contribution in [2.75, 3.05) is 26.4 Å². The maximum atomic E-state index is 14.9. The monoisotopic (exact) mass is 1720 g/mol. The zero-order valence-corrected chi connectivity index (χ0v) is 76.0. The van der Waals surface area contributed by atoms with Crippen molar-refractivity contribution in [2.24, 2.45) is 5.92 Å². The molecule has 19 atom stereocenters. The Morgan fingerprint density at radius 1 is 0.328 bits per heavy atom. The maximum absolute atomic E-state index is 14.9. The van der Waals surface area contributed by atoms with Crippen LogP contribution < -0.4 is 0 Å². The number of aliphatic hydroxyl groups excluding tert-OH is 9. The van der Waals surface area contributed by atoms with E-state index in [1.165, 1.54) is 212 Å². The quantitative estimate of drug-likeness (QED) is 0.0117. The van der Waals surface area contributed by atoms with Gasteiger partial charge in [0, 0.05) is 25.7 Å². The van der Waals surface area contributed by atoms with Crippen molar-refractivity contribution in [1.82, 2.24) is 0 Å². The number of rotatable bonds is 79. The van der Waals surface area contributed by atoms with E-state index in [1.54, 1.807) is 0 Å². The number of esters is 4. The summed E-state index contributed by atoms with van der Waals surface area (Å²) < 4.78 is 73.6. The molecule has 19 unspecified atom stereocenters. The smallest absolute Gasteiger partial charge is 0.463 e. The molecule has 0 aromatic heterocycles. The highest BCUT2D eigenvalue weighted by Gasteiger charge is 2.60. The summed E-state index contributed by atoms with van der Waals surface area (Å²) in [5.74, 6) is -2.25. The fourth-order valence-corrected chi connectivity index (χ4v) is 17.4. The van der Waals surface area contributed by atoms with Gasteiger partial charge in [0.1, 0.15) is 92.6 Å². The highest BCUT2D eigenvalue weighted by molar-refractivity contribution is 7.47. The first-order valence-corrected chi connectivity index (χ1v) is 50.2. The molecule has 0 bridgehead atoms. The zero-order chi connectivity index (χ0) is 86.9. The van der Waals surface area contributed by atoms with Crippen LogP contribution in [0, 0.1) is 5.92 Å². The Kier molecular flexibility index (Phi) is 66.5. The standard InChI is InChI=1S/C93H175O25P/c1-6-10-14-18-22-25-28-31-33-35-37-39-42-45-52-58-64-76(95)109-69-73(112-78(97)66-60-54-46-43-41-38-34-32-29-26-23-19-15-11-7-2)70-111-119(107,108)118-91-89(116-92-86(105)82(101)80(99)74(68-94)113-92)85(104)84(103)88(115-79(98)67-61-55-47-44-40-36-30-27-24-20-16-12-8-3)90(91)117-93-87(106)83(102)81(100)75(114-93)71-110-77(96)65-59-53-49-48-51-57-63-72(5)62-56-50-21-17-13-9-4/h72-75,80-94,99-106H,6-71H2,1-5H3,(H,107,108). The van der Waals surface area contributed by atoms with Gasteiger partial charge in [0.25, 0.3) is 0 Å². The van der Waals surface area contributed by atoms with Crippen LogP contribution in [-0.4, -0.2) is 205 Å². The molecule has 0 spiro atoms. The lowest BCUT2D eigenvalue weighted by Crippen LogP contribution is -2.70. The predicted molar refractivity (Wildman–Crippen MR) is 463 cm³/mol. The van der Waals surface area contributed by atoms with Crippen molar-refractivity contribution < 1.29 is 122 Å². The first-order valence-electron chi connectivity index (χ1n) is 48.7. The van der Waals surface area contributed by atoms with E-state index in [0.717, 1.165) is 128 Å². The van der Waals surface area contributed by atoms with Crippen LogP contribution in [0.15, 0.2) is 0 Å². The minimum absolute atomic E-state index is 0.0174. The average Bonchev–Trinajstić information content (AvgIpc) is 0.754. The Labute approximate surface area is 719 Å². The molecule has 0 aromatic rings. The van der Waals surface area contributed by atoms with Gasteiger partial charge in [0.2, 0.25) is 0 Å². The Hall–Kier alpha value is -2.53. The second-order valence-corrected chi connectivity index (χ2v) is 36.6. The Morgan fingerprint density at radius 2 is 0.630 bits per heavy atom. The Morgan fingerprint density at radius 3 is 1.00 bits per heavy atom. The van der Waals surface area contributed by atoms with Crippen molar-refractivity contribution in [3.8, 4) is 0 Å². The second kappa shape index (κ2) is 71.5. The number of ether oxygens (including phenoxy) is 8. The number of aliphatic hydroxyl groups is 9. The van der Waals surface area contributed by atoms with E-state index in [1.807, 2.05) is 0 Å². The first-order chi connectivity index (χ1) is 57.6. The maximum Gasteiger partial charge on any atom is 0.472 e. The van der Waals surface area contributed by atoms with E-state index in [9.17, 15) is 74.6 Å². The number of phosphoric acid groups is 1. The van der Waals surface area contributed by atoms with Crippen LogP contribution in [0.3, 0.4) is 0 Å². The third-order valence-corrected chi connectivity index (χ3v) is 25.2. The predicted octanol–water partition coefficient (Wildman–Crippen LogP) is 18.4. The number of carbonyl (C=O) groups excluding carboxylic acids is 4. The molecular formula is C93H175O25P. The molecule has 1 saturated carbocycles. The number of hydrogen-bond donors (Lipinski definition) is 10. The third-order valence-electron chi connectivity index (χ3n) is 24.3. The van der Waals surface area contributed by atoms with E-state index in [4.69, 9.17) is 46.9 Å². The van der Waals surface area contributed by atoms with E-state index in [0.29, 0.717) is 38.0 Å². The van der Waals surface area contributed by atoms with Gasteiger partial charge in [-0.25, -0.2) is 4.57 Å². The van der Waals surface area contributed by atoms with Gasteiger partial charge < -0.3 is 88.7 Å². The normalized spacial score (nSPS) is 25.0. The Balaban J connectivity index is 1.90. The first kappa shape index (κ1) is 111. The molecule has 3 rings (SSSR count). The van der Waals surface area contributed by atoms with Crippen LogP contribution >= 0.6 is 7.82 Å². The number of unbranched alkanes of at least 4 members (excludes halogenated alkanes) is 51. The van der Waals surface area contributed by atoms with Crippen molar-refractivity contribution in [3.63, 3.8) is 0 Å². The molecule has 0 aromatic carbocycles. The molecule has 25 nitrogen and oxygen atoms in total. The lowest BCUT2D eigenvalue weighted by Gasteiger charge is -2.50. The molecule has 10 N–H and O–H groups in total. The topological polar surface area (TPSA) is 380 Å². The van der Waals surface area contributed by atoms with Crippen LogP contribution in [0.2, 0.25) is 0 Å². The summed E-state index contributed by atoms with van der Waals surface area (Å²) in [7, 11) is -5.80. The van der Waals surface area contributed by atoms with Crippen molar-refractivity contribution in [2.45, 2.75) is 537 Å². The molecule has 26 heteroatoms. The van der Waals surface area contributed by atoms with Gasteiger partial charge in [0.15, 0.2) is 24.8 Å². The Bertz CT molecular complexity index is 2490. The molecule has 119 heavy (non-hydrogen) atoms. The molecule has 702 valence electrons. The van der Waals surface area contributed by atoms with Gasteiger partial charge in [-0.2, -0.15) is 0 Å². The van der Waals surface area contributed by atoms with Crippen molar-refractivity contribution in [3.05, 3.63) is 0 Å². The van der Waals surface area contributed by atoms with E-state index in [-0.39, 0.29) is 25.7 Å². The van der Waals surface area contributed by atoms with Crippen LogP contribution in [0.4, 0.5) is 0 Å². The summed E-state index contributed by atoms with van der Waals surface area (Å²) in [5, 5.41) is 102. The molecule has 2 aliphatic heterocycles. The summed E-state index contributed by atoms with van der Waals surface area (Å²) >= 11 is 0. The van der Waals surface area contributed by atoms with E-state index >= 15 is 0 Å². The summed E-state index contributed by atoms with van der Waals surface area (Å²) in [4.78, 5) is 66.6. The van der Waals surface area contributed by atoms with Crippen LogP contribution in [-0.2, 0) is 70.7 Å². The van der Waals surface area contributed by atoms with Gasteiger partial charge in [-0.3, -0.25) is 28.2 Å². The lowest BCUT2D eigenvalue weighted by molar-refractivity contribution is -0.360. The molecule has 2 heterocycles. The van der Waals surface area contributed by atoms with Crippen molar-refractivity contribution in [1.29, 1.82) is 0 Å². The minimum atomic E-state index is -5.80. The molecular weight excluding hydrogens is 1550 g/mol. The van der Waals surface area contributed by atoms with E-state index in [2.05, 4.69) is 34.6 Å². The summed E-state index contributed by atoms with van der Waals surface area (Å²) in [6, 6.07) is 0. The summed E-state index contributed by atoms with van der Waals surface area (Å²) in [5.41, 5.74) is 0. The van der Waals surface area contributed by atoms with Gasteiger partial charge in [-0.15, -0.1) is 0 Å². The van der Waals surface area contributed by atoms with Crippen LogP contribution in [0.25, 0.3) is 0 Å². The molecule has 1 aliphatic carbocycles. The molecule has 3 aliphatic rings. The van der Waals surface area contributed by atoms with Gasteiger partial charge in [-0.05, 0) is 31.6 Å². The van der Waals surface area contributed by atoms with Crippen LogP contribution in [0.5, 0.6) is 0 Å². The third kappa shape index (κ3) is 51.8. The summed E-state index contributed by atoms with van der Waals surface area (Å²) in [6.45, 7) is 7.97. The number of carbonyl (C=O) groups is 4. The molecule has 0 radical (unpaired) electrons. The fourth-order valence-electron chi connectivity index (χ4n) is 16.4. The van der Waals surface area contributed by atoms with Crippen LogP contribution in [0.1, 0.15) is 433 Å². The second-order valence-electron chi connectivity index (χ2n) is 35.2. The van der Waals surface area contributed by atoms with Gasteiger partial charge in [-0.1, -0.05) is 381 Å². The highest BCUT2D eigenvalue weighted by atomic mass is 31.2. The molecule has 0 amide bonds. The molecule has 2 saturated heterocycles. The SMILES string of the molecule is CCCCCCCCCCCCCCCCCCC(=O)OCC(COP(=O)(O)OC1C(OC2OC(CO)C(O)C(O)C2O)C(O)C(O)C(OC(=O)CCCCCCCCCCCCCCC)C1OC1OC(COC(=O)CCCCCCCCC(C)CCCCCCCC)C(O)C(O)C1O)OC(=O)CCCCCCCCCCCCCCCCC. The largest absolute Gasteiger partial charge is 0.472 e. The number of hydrogen-bond acceptors (Lipinski definition) is 24. The highest BCUT2D eigenvalue weighted by Crippen LogP contribution is 2.49. The summed E-state index contributed by atoms with van der Waals surface area (Å²) in [6.07, 6.45) is 28.0. The average molecular weight is 1720 g/mol. The molecule has 3 fully saturated rings. The minimum Gasteiger partial charge on any atom is -0.463 e. The fraction of sp³-hybridized carbons (Fsp3) is 0.957. The zero-order valence-electron chi connectivity index (χ0n) is 75.1. The van der Waals surface area contributed by atoms with Gasteiger partial charge in [0.05, 0.1) is 13.2 Å². The number of phosphoric ester groups is 1.